The molecule has 4 heteroatoms. The minimum Gasteiger partial charge on any atom is -0.299 e. The molecule has 1 rings (SSSR count). The molecule has 0 N–H and O–H groups in total. The van der Waals surface area contributed by atoms with Crippen molar-refractivity contribution in [1.82, 2.24) is 9.80 Å². The fourth-order valence-electron chi connectivity index (χ4n) is 2.92. The highest BCUT2D eigenvalue weighted by Crippen LogP contribution is 2.37. The second kappa shape index (κ2) is 10.5. The van der Waals surface area contributed by atoms with Crippen molar-refractivity contribution in [3.05, 3.63) is 0 Å². The highest BCUT2D eigenvalue weighted by molar-refractivity contribution is 8.77. The molecule has 22 heavy (non-hydrogen) atoms. The van der Waals surface area contributed by atoms with Gasteiger partial charge in [0.25, 0.3) is 0 Å². The topological polar surface area (TPSA) is 6.48 Å². The Labute approximate surface area is 147 Å². The number of hydrogen-bond donors (Lipinski definition) is 0. The largest absolute Gasteiger partial charge is 0.299 e. The minimum absolute atomic E-state index is 0.364. The normalized spacial score (nSPS) is 18.5. The SMILES string of the molecule is CC(C)CCCCSSC(C)(C)CN1CCN(C(C)C)CC1. The lowest BCUT2D eigenvalue weighted by Gasteiger charge is -2.40. The van der Waals surface area contributed by atoms with E-state index >= 15 is 0 Å². The molecule has 1 saturated heterocycles. The number of unbranched alkanes of at least 4 members (excludes halogenated alkanes) is 1. The molecule has 1 aliphatic heterocycles. The van der Waals surface area contributed by atoms with E-state index < -0.39 is 0 Å². The highest BCUT2D eigenvalue weighted by atomic mass is 33.1. The van der Waals surface area contributed by atoms with E-state index in [1.807, 2.05) is 0 Å². The van der Waals surface area contributed by atoms with Crippen LogP contribution in [0.15, 0.2) is 0 Å². The monoisotopic (exact) mass is 346 g/mol. The molecule has 0 radical (unpaired) electrons. The maximum Gasteiger partial charge on any atom is 0.0334 e. The van der Waals surface area contributed by atoms with Crippen LogP contribution in [0, 0.1) is 5.92 Å². The summed E-state index contributed by atoms with van der Waals surface area (Å²) < 4.78 is 0.364. The molecule has 0 aromatic rings. The lowest BCUT2D eigenvalue weighted by atomic mass is 10.1. The van der Waals surface area contributed by atoms with Crippen LogP contribution >= 0.6 is 21.6 Å². The molecule has 1 fully saturated rings. The first-order valence-electron chi connectivity index (χ1n) is 9.07. The molecule has 0 spiro atoms. The van der Waals surface area contributed by atoms with E-state index in [0.29, 0.717) is 10.8 Å². The summed E-state index contributed by atoms with van der Waals surface area (Å²) in [6, 6.07) is 0.700. The van der Waals surface area contributed by atoms with E-state index in [1.165, 1.54) is 57.7 Å². The third kappa shape index (κ3) is 9.05. The maximum absolute atomic E-state index is 2.66. The van der Waals surface area contributed by atoms with Gasteiger partial charge in [-0.3, -0.25) is 9.80 Å². The second-order valence-corrected chi connectivity index (χ2v) is 11.1. The standard InChI is InChI=1S/C18H38N2S2/c1-16(2)9-7-8-14-21-22-18(5,6)15-19-10-12-20(13-11-19)17(3)4/h16-17H,7-15H2,1-6H3. The van der Waals surface area contributed by atoms with E-state index in [4.69, 9.17) is 0 Å². The molecule has 1 heterocycles. The van der Waals surface area contributed by atoms with Gasteiger partial charge in [0.2, 0.25) is 0 Å². The Bertz CT molecular complexity index is 285. The Balaban J connectivity index is 2.13. The quantitative estimate of drug-likeness (QED) is 0.405. The number of rotatable bonds is 10. The predicted molar refractivity (Wildman–Crippen MR) is 106 cm³/mol. The Kier molecular flexibility index (Phi) is 9.84. The average molecular weight is 347 g/mol. The second-order valence-electron chi connectivity index (χ2n) is 7.96. The molecule has 0 aromatic heterocycles. The molecular formula is C18H38N2S2. The van der Waals surface area contributed by atoms with Crippen molar-refractivity contribution in [1.29, 1.82) is 0 Å². The first kappa shape index (κ1) is 20.7. The van der Waals surface area contributed by atoms with Crippen LogP contribution in [-0.4, -0.2) is 59.1 Å². The molecule has 0 atom stereocenters. The first-order chi connectivity index (χ1) is 10.3. The van der Waals surface area contributed by atoms with Crippen LogP contribution < -0.4 is 0 Å². The molecule has 0 aromatic carbocycles. The van der Waals surface area contributed by atoms with E-state index in [0.717, 1.165) is 5.92 Å². The van der Waals surface area contributed by atoms with Crippen molar-refractivity contribution in [2.45, 2.75) is 71.6 Å². The Morgan fingerprint density at radius 3 is 2.14 bits per heavy atom. The lowest BCUT2D eigenvalue weighted by molar-refractivity contribution is 0.104. The Hall–Kier alpha value is 0.620. The van der Waals surface area contributed by atoms with E-state index in [-0.39, 0.29) is 0 Å². The molecule has 1 aliphatic rings. The zero-order chi connectivity index (χ0) is 16.6. The number of piperazine rings is 1. The molecule has 2 nitrogen and oxygen atoms in total. The van der Waals surface area contributed by atoms with Crippen molar-refractivity contribution < 1.29 is 0 Å². The number of nitrogens with zero attached hydrogens (tertiary/aromatic N) is 2. The summed E-state index contributed by atoms with van der Waals surface area (Å²) in [7, 11) is 4.19. The van der Waals surface area contributed by atoms with E-state index in [2.05, 4.69) is 72.9 Å². The van der Waals surface area contributed by atoms with Gasteiger partial charge in [-0.25, -0.2) is 0 Å². The fraction of sp³-hybridized carbons (Fsp3) is 1.00. The maximum atomic E-state index is 2.66. The van der Waals surface area contributed by atoms with Gasteiger partial charge in [-0.05, 0) is 40.0 Å². The lowest BCUT2D eigenvalue weighted by Crippen LogP contribution is -2.51. The van der Waals surface area contributed by atoms with Gasteiger partial charge in [-0.15, -0.1) is 0 Å². The summed E-state index contributed by atoms with van der Waals surface area (Å²) in [5.41, 5.74) is 0. The molecule has 0 amide bonds. The summed E-state index contributed by atoms with van der Waals surface area (Å²) in [6.07, 6.45) is 4.15. The summed E-state index contributed by atoms with van der Waals surface area (Å²) in [4.78, 5) is 5.26. The van der Waals surface area contributed by atoms with Crippen LogP contribution in [0.2, 0.25) is 0 Å². The Morgan fingerprint density at radius 1 is 0.955 bits per heavy atom. The van der Waals surface area contributed by atoms with Crippen molar-refractivity contribution >= 4 is 21.6 Å². The van der Waals surface area contributed by atoms with Gasteiger partial charge in [0, 0.05) is 49.3 Å². The molecule has 0 bridgehead atoms. The molecule has 0 aliphatic carbocycles. The fourth-order valence-corrected chi connectivity index (χ4v) is 5.60. The molecule has 0 unspecified atom stereocenters. The van der Waals surface area contributed by atoms with Gasteiger partial charge < -0.3 is 0 Å². The van der Waals surface area contributed by atoms with Crippen LogP contribution in [0.25, 0.3) is 0 Å². The third-order valence-corrected chi connectivity index (χ3v) is 7.65. The van der Waals surface area contributed by atoms with Crippen LogP contribution in [0.4, 0.5) is 0 Å². The van der Waals surface area contributed by atoms with Crippen LogP contribution in [0.3, 0.4) is 0 Å². The highest BCUT2D eigenvalue weighted by Gasteiger charge is 2.26. The first-order valence-corrected chi connectivity index (χ1v) is 11.4. The Morgan fingerprint density at radius 2 is 1.59 bits per heavy atom. The number of hydrogen-bond acceptors (Lipinski definition) is 4. The van der Waals surface area contributed by atoms with Gasteiger partial charge >= 0.3 is 0 Å². The zero-order valence-electron chi connectivity index (χ0n) is 15.7. The third-order valence-electron chi connectivity index (χ3n) is 4.29. The van der Waals surface area contributed by atoms with Gasteiger partial charge in [0.15, 0.2) is 0 Å². The van der Waals surface area contributed by atoms with Gasteiger partial charge in [-0.2, -0.15) is 0 Å². The van der Waals surface area contributed by atoms with Crippen molar-refractivity contribution in [2.75, 3.05) is 38.5 Å². The van der Waals surface area contributed by atoms with Crippen molar-refractivity contribution in [2.24, 2.45) is 5.92 Å². The molecule has 0 saturated carbocycles. The van der Waals surface area contributed by atoms with Crippen molar-refractivity contribution in [3.63, 3.8) is 0 Å². The summed E-state index contributed by atoms with van der Waals surface area (Å²) >= 11 is 0. The summed E-state index contributed by atoms with van der Waals surface area (Å²) in [6.45, 7) is 20.3. The average Bonchev–Trinajstić information content (AvgIpc) is 2.42. The van der Waals surface area contributed by atoms with Crippen molar-refractivity contribution in [3.8, 4) is 0 Å². The predicted octanol–water partition coefficient (Wildman–Crippen LogP) is 5.00. The molecule has 132 valence electrons. The zero-order valence-corrected chi connectivity index (χ0v) is 17.4. The van der Waals surface area contributed by atoms with Gasteiger partial charge in [-0.1, -0.05) is 48.3 Å². The minimum atomic E-state index is 0.364. The van der Waals surface area contributed by atoms with Gasteiger partial charge in [0.05, 0.1) is 0 Å². The molecular weight excluding hydrogens is 308 g/mol. The van der Waals surface area contributed by atoms with Gasteiger partial charge in [0.1, 0.15) is 0 Å². The summed E-state index contributed by atoms with van der Waals surface area (Å²) in [5.74, 6) is 2.17. The van der Waals surface area contributed by atoms with E-state index in [9.17, 15) is 0 Å². The van der Waals surface area contributed by atoms with Crippen LogP contribution in [0.5, 0.6) is 0 Å². The smallest absolute Gasteiger partial charge is 0.0334 e. The summed E-state index contributed by atoms with van der Waals surface area (Å²) in [5, 5.41) is 0. The van der Waals surface area contributed by atoms with E-state index in [1.54, 1.807) is 0 Å². The van der Waals surface area contributed by atoms with Crippen LogP contribution in [0.1, 0.15) is 60.8 Å². The van der Waals surface area contributed by atoms with Crippen LogP contribution in [-0.2, 0) is 0 Å².